The summed E-state index contributed by atoms with van der Waals surface area (Å²) in [6.07, 6.45) is -0.0998. The molecule has 1 aliphatic rings. The summed E-state index contributed by atoms with van der Waals surface area (Å²) in [6, 6.07) is 5.02. The van der Waals surface area contributed by atoms with Crippen LogP contribution in [0.1, 0.15) is 38.8 Å². The minimum absolute atomic E-state index is 0.0681. The lowest BCUT2D eigenvalue weighted by atomic mass is 9.95. The second-order valence-electron chi connectivity index (χ2n) is 5.62. The van der Waals surface area contributed by atoms with Crippen LogP contribution >= 0.6 is 0 Å². The largest absolute Gasteiger partial charge is 0.493 e. The molecule has 0 N–H and O–H groups in total. The minimum Gasteiger partial charge on any atom is -0.493 e. The Balaban J connectivity index is 2.04. The number of aliphatic imine (C=N–C) groups is 1. The first-order valence-electron chi connectivity index (χ1n) is 7.67. The lowest BCUT2D eigenvalue weighted by Crippen LogP contribution is -2.30. The Kier molecular flexibility index (Phi) is 4.31. The molecule has 128 valence electrons. The number of benzene rings is 1. The predicted molar refractivity (Wildman–Crippen MR) is 91.4 cm³/mol. The molecule has 1 heterocycles. The third kappa shape index (κ3) is 3.00. The van der Waals surface area contributed by atoms with Crippen LogP contribution in [0, 0.1) is 13.8 Å². The van der Waals surface area contributed by atoms with Crippen LogP contribution < -0.4 is 9.47 Å². The van der Waals surface area contributed by atoms with Gasteiger partial charge in [-0.1, -0.05) is 0 Å². The number of fused-ring (bicyclic) bond motifs is 1. The van der Waals surface area contributed by atoms with Crippen LogP contribution in [0.4, 0.5) is 5.69 Å². The molecular formula is C18H17N3O4. The molecule has 1 aliphatic carbocycles. The molecule has 0 saturated carbocycles. The van der Waals surface area contributed by atoms with Crippen molar-refractivity contribution in [2.24, 2.45) is 4.99 Å². The van der Waals surface area contributed by atoms with E-state index in [0.717, 1.165) is 0 Å². The van der Waals surface area contributed by atoms with Gasteiger partial charge in [0.15, 0.2) is 17.3 Å². The Hall–Kier alpha value is -3.09. The molecule has 0 saturated heterocycles. The van der Waals surface area contributed by atoms with E-state index in [9.17, 15) is 9.59 Å². The molecule has 0 aliphatic heterocycles. The van der Waals surface area contributed by atoms with Gasteiger partial charge in [0.2, 0.25) is 5.78 Å². The molecule has 0 fully saturated rings. The van der Waals surface area contributed by atoms with Crippen molar-refractivity contribution >= 4 is 23.0 Å². The number of ether oxygens (including phenoxy) is 2. The molecular weight excluding hydrogens is 322 g/mol. The van der Waals surface area contributed by atoms with Crippen molar-refractivity contribution in [2.45, 2.75) is 20.3 Å². The predicted octanol–water partition coefficient (Wildman–Crippen LogP) is 2.65. The number of rotatable bonds is 3. The fourth-order valence-corrected chi connectivity index (χ4v) is 2.55. The Labute approximate surface area is 144 Å². The van der Waals surface area contributed by atoms with E-state index in [0.29, 0.717) is 28.6 Å². The molecule has 7 nitrogen and oxygen atoms in total. The summed E-state index contributed by atoms with van der Waals surface area (Å²) < 4.78 is 10.4. The van der Waals surface area contributed by atoms with E-state index >= 15 is 0 Å². The number of methoxy groups -OCH3 is 2. The zero-order valence-corrected chi connectivity index (χ0v) is 14.4. The fourth-order valence-electron chi connectivity index (χ4n) is 2.55. The van der Waals surface area contributed by atoms with E-state index < -0.39 is 0 Å². The maximum Gasteiger partial charge on any atom is 0.228 e. The van der Waals surface area contributed by atoms with E-state index in [1.165, 1.54) is 14.2 Å². The smallest absolute Gasteiger partial charge is 0.228 e. The summed E-state index contributed by atoms with van der Waals surface area (Å²) in [6.45, 7) is 3.51. The van der Waals surface area contributed by atoms with Crippen molar-refractivity contribution in [1.82, 2.24) is 9.97 Å². The number of hydrogen-bond donors (Lipinski definition) is 0. The van der Waals surface area contributed by atoms with Crippen molar-refractivity contribution in [3.05, 3.63) is 41.0 Å². The summed E-state index contributed by atoms with van der Waals surface area (Å²) in [5, 5.41) is 0. The molecule has 0 atom stereocenters. The second-order valence-corrected chi connectivity index (χ2v) is 5.62. The van der Waals surface area contributed by atoms with Gasteiger partial charge in [-0.25, -0.2) is 15.0 Å². The van der Waals surface area contributed by atoms with Gasteiger partial charge in [-0.3, -0.25) is 9.59 Å². The zero-order chi connectivity index (χ0) is 18.1. The van der Waals surface area contributed by atoms with Gasteiger partial charge in [0, 0.05) is 6.07 Å². The van der Waals surface area contributed by atoms with Gasteiger partial charge in [-0.05, 0) is 26.0 Å². The van der Waals surface area contributed by atoms with Crippen LogP contribution in [0.25, 0.3) is 0 Å². The van der Waals surface area contributed by atoms with Crippen LogP contribution in [0.5, 0.6) is 11.5 Å². The topological polar surface area (TPSA) is 90.7 Å². The van der Waals surface area contributed by atoms with E-state index in [-0.39, 0.29) is 35.1 Å². The summed E-state index contributed by atoms with van der Waals surface area (Å²) in [7, 11) is 3.05. The average Bonchev–Trinajstić information content (AvgIpc) is 2.61. The maximum absolute atomic E-state index is 12.7. The van der Waals surface area contributed by atoms with E-state index in [4.69, 9.17) is 9.47 Å². The van der Waals surface area contributed by atoms with Gasteiger partial charge in [-0.2, -0.15) is 0 Å². The van der Waals surface area contributed by atoms with Gasteiger partial charge in [0.1, 0.15) is 11.4 Å². The molecule has 3 rings (SSSR count). The Bertz CT molecular complexity index is 919. The van der Waals surface area contributed by atoms with Crippen molar-refractivity contribution in [3.8, 4) is 11.5 Å². The number of carbonyl (C=O) groups is 2. The number of ketones is 2. The number of Topliss-reactive ketones (excluding diaryl/α,β-unsaturated/α-hetero) is 2. The monoisotopic (exact) mass is 339 g/mol. The third-order valence-corrected chi connectivity index (χ3v) is 4.01. The quantitative estimate of drug-likeness (QED) is 0.854. The highest BCUT2D eigenvalue weighted by atomic mass is 16.5. The minimum atomic E-state index is -0.375. The molecule has 1 aromatic heterocycles. The zero-order valence-electron chi connectivity index (χ0n) is 14.4. The van der Waals surface area contributed by atoms with E-state index in [1.807, 2.05) is 0 Å². The molecule has 2 aromatic rings. The number of aromatic nitrogens is 2. The van der Waals surface area contributed by atoms with Crippen LogP contribution in [-0.2, 0) is 0 Å². The molecule has 7 heteroatoms. The Morgan fingerprint density at radius 1 is 0.960 bits per heavy atom. The highest BCUT2D eigenvalue weighted by molar-refractivity contribution is 6.52. The number of aryl methyl sites for hydroxylation is 2. The number of carbonyl (C=O) groups excluding carboxylic acids is 2. The van der Waals surface area contributed by atoms with Crippen molar-refractivity contribution in [1.29, 1.82) is 0 Å². The fraction of sp³-hybridized carbons (Fsp3) is 0.278. The highest BCUT2D eigenvalue weighted by Gasteiger charge is 2.32. The van der Waals surface area contributed by atoms with Crippen LogP contribution in [0.3, 0.4) is 0 Å². The van der Waals surface area contributed by atoms with Gasteiger partial charge >= 0.3 is 0 Å². The lowest BCUT2D eigenvalue weighted by Gasteiger charge is -2.15. The SMILES string of the molecule is COc1ccc(N=C2CC(=O)c3nc(C)c(C)nc3C2=O)cc1OC. The van der Waals surface area contributed by atoms with Crippen LogP contribution in [0.15, 0.2) is 23.2 Å². The van der Waals surface area contributed by atoms with Gasteiger partial charge in [0.05, 0.1) is 43.4 Å². The molecule has 0 radical (unpaired) electrons. The standard InChI is InChI=1S/C18H17N3O4/c1-9-10(2)20-17-16(19-9)13(22)8-12(18(17)23)21-11-5-6-14(24-3)15(7-11)25-4/h5-7H,8H2,1-4H3. The number of nitrogens with zero attached hydrogens (tertiary/aromatic N) is 3. The summed E-state index contributed by atoms with van der Waals surface area (Å²) in [5.74, 6) is 0.412. The first-order valence-corrected chi connectivity index (χ1v) is 7.67. The van der Waals surface area contributed by atoms with Crippen molar-refractivity contribution in [3.63, 3.8) is 0 Å². The van der Waals surface area contributed by atoms with Gasteiger partial charge in [0.25, 0.3) is 0 Å². The first kappa shape index (κ1) is 16.8. The first-order chi connectivity index (χ1) is 11.9. The lowest BCUT2D eigenvalue weighted by molar-refractivity contribution is 0.0957. The summed E-state index contributed by atoms with van der Waals surface area (Å²) in [5.41, 5.74) is 2.08. The molecule has 0 spiro atoms. The van der Waals surface area contributed by atoms with E-state index in [2.05, 4.69) is 15.0 Å². The molecule has 25 heavy (non-hydrogen) atoms. The van der Waals surface area contributed by atoms with Crippen LogP contribution in [0.2, 0.25) is 0 Å². The molecule has 1 aromatic carbocycles. The van der Waals surface area contributed by atoms with Crippen LogP contribution in [-0.4, -0.2) is 41.5 Å². The third-order valence-electron chi connectivity index (χ3n) is 4.01. The second kappa shape index (κ2) is 6.43. The summed E-state index contributed by atoms with van der Waals surface area (Å²) in [4.78, 5) is 37.8. The van der Waals surface area contributed by atoms with E-state index in [1.54, 1.807) is 32.0 Å². The normalized spacial score (nSPS) is 15.3. The number of hydrogen-bond acceptors (Lipinski definition) is 7. The van der Waals surface area contributed by atoms with Gasteiger partial charge < -0.3 is 9.47 Å². The maximum atomic E-state index is 12.7. The molecule has 0 unspecified atom stereocenters. The van der Waals surface area contributed by atoms with Crippen molar-refractivity contribution in [2.75, 3.05) is 14.2 Å². The highest BCUT2D eigenvalue weighted by Crippen LogP contribution is 2.31. The molecule has 0 bridgehead atoms. The van der Waals surface area contributed by atoms with Crippen molar-refractivity contribution < 1.29 is 19.1 Å². The summed E-state index contributed by atoms with van der Waals surface area (Å²) >= 11 is 0. The Morgan fingerprint density at radius 2 is 1.60 bits per heavy atom. The van der Waals surface area contributed by atoms with Gasteiger partial charge in [-0.15, -0.1) is 0 Å². The average molecular weight is 339 g/mol. The Morgan fingerprint density at radius 3 is 2.24 bits per heavy atom. The molecule has 0 amide bonds.